The molecular formula is C23H28N2O2. The van der Waals surface area contributed by atoms with Crippen molar-refractivity contribution in [3.8, 4) is 0 Å². The van der Waals surface area contributed by atoms with E-state index in [1.165, 1.54) is 37.9 Å². The number of hydrogen-bond acceptors (Lipinski definition) is 4. The van der Waals surface area contributed by atoms with Crippen molar-refractivity contribution in [1.29, 1.82) is 0 Å². The zero-order valence-electron chi connectivity index (χ0n) is 15.9. The van der Waals surface area contributed by atoms with Crippen LogP contribution in [0.25, 0.3) is 10.9 Å². The van der Waals surface area contributed by atoms with Crippen molar-refractivity contribution < 1.29 is 9.53 Å². The van der Waals surface area contributed by atoms with Gasteiger partial charge in [-0.1, -0.05) is 0 Å². The monoisotopic (exact) mass is 364 g/mol. The quantitative estimate of drug-likeness (QED) is 0.755. The summed E-state index contributed by atoms with van der Waals surface area (Å²) in [6, 6.07) is 8.11. The molecule has 2 bridgehead atoms. The Morgan fingerprint density at radius 1 is 1.15 bits per heavy atom. The first-order valence-electron chi connectivity index (χ1n) is 10.5. The van der Waals surface area contributed by atoms with E-state index in [0.717, 1.165) is 48.4 Å². The van der Waals surface area contributed by atoms with Crippen molar-refractivity contribution in [1.82, 2.24) is 9.88 Å². The molecule has 4 aliphatic rings. The molecule has 1 aromatic carbocycles. The van der Waals surface area contributed by atoms with E-state index in [4.69, 9.17) is 4.74 Å². The number of carbonyl (C=O) groups is 1. The van der Waals surface area contributed by atoms with E-state index in [0.29, 0.717) is 12.3 Å². The van der Waals surface area contributed by atoms with Gasteiger partial charge < -0.3 is 9.64 Å². The average molecular weight is 364 g/mol. The van der Waals surface area contributed by atoms with E-state index in [1.54, 1.807) is 0 Å². The molecule has 27 heavy (non-hydrogen) atoms. The third-order valence-corrected chi connectivity index (χ3v) is 6.86. The zero-order chi connectivity index (χ0) is 18.2. The largest absolute Gasteiger partial charge is 0.374 e. The predicted octanol–water partition coefficient (Wildman–Crippen LogP) is 4.39. The standard InChI is InChI=1S/C23H28N2O2/c26-22(14-18-15-25-10-7-16(18)8-11-25)17-4-5-21-20(13-17)19(6-9-24-21)23-3-1-2-12-27-23/h4-6,9,13,16,18,23H,1-3,7-8,10-12,14-15H2. The second-order valence-corrected chi connectivity index (χ2v) is 8.51. The van der Waals surface area contributed by atoms with E-state index in [2.05, 4.69) is 22.0 Å². The molecule has 4 nitrogen and oxygen atoms in total. The Balaban J connectivity index is 1.40. The summed E-state index contributed by atoms with van der Waals surface area (Å²) in [6.07, 6.45) is 8.61. The fourth-order valence-electron chi connectivity index (χ4n) is 5.28. The average Bonchev–Trinajstić information content (AvgIpc) is 2.74. The van der Waals surface area contributed by atoms with Gasteiger partial charge in [0.15, 0.2) is 5.78 Å². The van der Waals surface area contributed by atoms with Crippen LogP contribution in [0.5, 0.6) is 0 Å². The minimum Gasteiger partial charge on any atom is -0.374 e. The van der Waals surface area contributed by atoms with Gasteiger partial charge in [0.05, 0.1) is 11.6 Å². The SMILES string of the molecule is O=C(CC1CN2CCC1CC2)c1ccc2nccc(C3CCCCO3)c2c1. The molecule has 0 spiro atoms. The highest BCUT2D eigenvalue weighted by Crippen LogP contribution is 2.36. The normalized spacial score (nSPS) is 30.5. The first kappa shape index (κ1) is 17.3. The zero-order valence-corrected chi connectivity index (χ0v) is 15.9. The van der Waals surface area contributed by atoms with Crippen LogP contribution < -0.4 is 0 Å². The number of fused-ring (bicyclic) bond motifs is 4. The fraction of sp³-hybridized carbons (Fsp3) is 0.565. The Morgan fingerprint density at radius 2 is 2.04 bits per heavy atom. The van der Waals surface area contributed by atoms with Gasteiger partial charge in [0.25, 0.3) is 0 Å². The number of ketones is 1. The minimum atomic E-state index is 0.136. The summed E-state index contributed by atoms with van der Waals surface area (Å²) >= 11 is 0. The molecule has 6 rings (SSSR count). The van der Waals surface area contributed by atoms with Crippen molar-refractivity contribution >= 4 is 16.7 Å². The molecule has 0 radical (unpaired) electrons. The third kappa shape index (κ3) is 3.41. The van der Waals surface area contributed by atoms with Crippen molar-refractivity contribution in [3.63, 3.8) is 0 Å². The summed E-state index contributed by atoms with van der Waals surface area (Å²) in [4.78, 5) is 20.1. The maximum atomic E-state index is 13.1. The highest BCUT2D eigenvalue weighted by atomic mass is 16.5. The van der Waals surface area contributed by atoms with Gasteiger partial charge in [-0.3, -0.25) is 9.78 Å². The smallest absolute Gasteiger partial charge is 0.163 e. The number of carbonyl (C=O) groups excluding carboxylic acids is 1. The molecule has 142 valence electrons. The molecule has 2 unspecified atom stereocenters. The van der Waals surface area contributed by atoms with E-state index in [-0.39, 0.29) is 11.9 Å². The van der Waals surface area contributed by atoms with Gasteiger partial charge >= 0.3 is 0 Å². The van der Waals surface area contributed by atoms with Crippen LogP contribution in [-0.4, -0.2) is 41.9 Å². The van der Waals surface area contributed by atoms with Crippen LogP contribution >= 0.6 is 0 Å². The molecular weight excluding hydrogens is 336 g/mol. The number of ether oxygens (including phenoxy) is 1. The maximum absolute atomic E-state index is 13.1. The summed E-state index contributed by atoms with van der Waals surface area (Å²) in [6.45, 7) is 4.38. The van der Waals surface area contributed by atoms with Gasteiger partial charge in [0, 0.05) is 36.7 Å². The molecule has 4 fully saturated rings. The predicted molar refractivity (Wildman–Crippen MR) is 106 cm³/mol. The van der Waals surface area contributed by atoms with Crippen molar-refractivity contribution in [2.24, 2.45) is 11.8 Å². The summed E-state index contributed by atoms with van der Waals surface area (Å²) in [5, 5.41) is 1.09. The lowest BCUT2D eigenvalue weighted by Crippen LogP contribution is -2.47. The molecule has 2 aromatic rings. The molecule has 0 aliphatic carbocycles. The van der Waals surface area contributed by atoms with Crippen LogP contribution in [0.3, 0.4) is 0 Å². The number of hydrogen-bond donors (Lipinski definition) is 0. The molecule has 0 amide bonds. The number of piperidine rings is 3. The summed E-state index contributed by atoms with van der Waals surface area (Å²) in [5.41, 5.74) is 2.99. The number of aromatic nitrogens is 1. The third-order valence-electron chi connectivity index (χ3n) is 6.86. The summed E-state index contributed by atoms with van der Waals surface area (Å²) < 4.78 is 6.01. The maximum Gasteiger partial charge on any atom is 0.163 e. The van der Waals surface area contributed by atoms with Gasteiger partial charge in [0.1, 0.15) is 0 Å². The van der Waals surface area contributed by atoms with Crippen molar-refractivity contribution in [2.75, 3.05) is 26.2 Å². The molecule has 0 N–H and O–H groups in total. The molecule has 2 atom stereocenters. The minimum absolute atomic E-state index is 0.136. The topological polar surface area (TPSA) is 42.4 Å². The molecule has 4 heteroatoms. The van der Waals surface area contributed by atoms with E-state index < -0.39 is 0 Å². The Bertz CT molecular complexity index is 835. The second-order valence-electron chi connectivity index (χ2n) is 8.51. The second kappa shape index (κ2) is 7.33. The van der Waals surface area contributed by atoms with Crippen LogP contribution in [0.2, 0.25) is 0 Å². The number of Topliss-reactive ketones (excluding diaryl/α,β-unsaturated/α-hetero) is 1. The highest BCUT2D eigenvalue weighted by Gasteiger charge is 2.35. The van der Waals surface area contributed by atoms with E-state index in [1.807, 2.05) is 18.3 Å². The molecule has 4 saturated heterocycles. The molecule has 1 aromatic heterocycles. The molecule has 0 saturated carbocycles. The van der Waals surface area contributed by atoms with E-state index >= 15 is 0 Å². The Kier molecular flexibility index (Phi) is 4.70. The Labute approximate surface area is 160 Å². The summed E-state index contributed by atoms with van der Waals surface area (Å²) in [5.74, 6) is 1.56. The van der Waals surface area contributed by atoms with Crippen LogP contribution in [0.4, 0.5) is 0 Å². The van der Waals surface area contributed by atoms with E-state index in [9.17, 15) is 4.79 Å². The number of rotatable bonds is 4. The van der Waals surface area contributed by atoms with Gasteiger partial charge in [-0.05, 0) is 86.9 Å². The number of benzene rings is 1. The van der Waals surface area contributed by atoms with Crippen LogP contribution in [0.1, 0.15) is 60.6 Å². The van der Waals surface area contributed by atoms with Crippen LogP contribution in [-0.2, 0) is 4.74 Å². The number of nitrogens with zero attached hydrogens (tertiary/aromatic N) is 2. The summed E-state index contributed by atoms with van der Waals surface area (Å²) in [7, 11) is 0. The lowest BCUT2D eigenvalue weighted by Gasteiger charge is -2.44. The fourth-order valence-corrected chi connectivity index (χ4v) is 5.28. The van der Waals surface area contributed by atoms with Crippen LogP contribution in [0.15, 0.2) is 30.5 Å². The first-order valence-corrected chi connectivity index (χ1v) is 10.5. The molecule has 5 heterocycles. The van der Waals surface area contributed by atoms with Gasteiger partial charge in [-0.15, -0.1) is 0 Å². The van der Waals surface area contributed by atoms with Crippen molar-refractivity contribution in [3.05, 3.63) is 41.6 Å². The lowest BCUT2D eigenvalue weighted by molar-refractivity contribution is 0.0158. The lowest BCUT2D eigenvalue weighted by atomic mass is 9.76. The number of pyridine rings is 1. The molecule has 4 aliphatic heterocycles. The van der Waals surface area contributed by atoms with Crippen molar-refractivity contribution in [2.45, 2.75) is 44.6 Å². The Morgan fingerprint density at radius 3 is 2.78 bits per heavy atom. The van der Waals surface area contributed by atoms with Gasteiger partial charge in [-0.2, -0.15) is 0 Å². The van der Waals surface area contributed by atoms with Gasteiger partial charge in [-0.25, -0.2) is 0 Å². The van der Waals surface area contributed by atoms with Crippen LogP contribution in [0, 0.1) is 11.8 Å². The Hall–Kier alpha value is -1.78. The highest BCUT2D eigenvalue weighted by molar-refractivity contribution is 6.00. The first-order chi connectivity index (χ1) is 13.3. The van der Waals surface area contributed by atoms with Gasteiger partial charge in [0.2, 0.25) is 0 Å².